The molecule has 0 spiro atoms. The number of carbonyl (C=O) groups is 1. The lowest BCUT2D eigenvalue weighted by molar-refractivity contribution is -0.135. The van der Waals surface area contributed by atoms with Crippen LogP contribution in [0.15, 0.2) is 0 Å². The summed E-state index contributed by atoms with van der Waals surface area (Å²) in [4.78, 5) is 12.0. The van der Waals surface area contributed by atoms with Crippen molar-refractivity contribution in [2.45, 2.75) is 76.5 Å². The predicted octanol–water partition coefficient (Wildman–Crippen LogP) is 1.97. The van der Waals surface area contributed by atoms with Crippen molar-refractivity contribution in [3.63, 3.8) is 0 Å². The van der Waals surface area contributed by atoms with Crippen molar-refractivity contribution >= 4 is 5.91 Å². The Balaban J connectivity index is 1.65. The van der Waals surface area contributed by atoms with Gasteiger partial charge in [0.25, 0.3) is 0 Å². The largest absolute Gasteiger partial charge is 0.365 e. The van der Waals surface area contributed by atoms with Gasteiger partial charge >= 0.3 is 0 Å². The Morgan fingerprint density at radius 1 is 1.21 bits per heavy atom. The van der Waals surface area contributed by atoms with Crippen LogP contribution in [-0.4, -0.2) is 30.7 Å². The van der Waals surface area contributed by atoms with Gasteiger partial charge in [-0.15, -0.1) is 0 Å². The number of carbonyl (C=O) groups excluding carboxylic acids is 1. The van der Waals surface area contributed by atoms with Gasteiger partial charge in [0.05, 0.1) is 6.10 Å². The van der Waals surface area contributed by atoms with Gasteiger partial charge in [-0.1, -0.05) is 25.7 Å². The molecule has 3 N–H and O–H groups in total. The van der Waals surface area contributed by atoms with Crippen molar-refractivity contribution < 1.29 is 9.53 Å². The average Bonchev–Trinajstić information content (AvgIpc) is 3.22. The van der Waals surface area contributed by atoms with Crippen LogP contribution in [0.5, 0.6) is 0 Å². The highest BCUT2D eigenvalue weighted by molar-refractivity contribution is 5.80. The third-order valence-electron chi connectivity index (χ3n) is 4.31. The number of hydrogen-bond donors (Lipinski definition) is 2. The zero-order valence-corrected chi connectivity index (χ0v) is 12.1. The van der Waals surface area contributed by atoms with E-state index < -0.39 is 0 Å². The standard InChI is InChI=1S/C15H28N2O2/c1-11(19-13-6-4-2-3-5-7-13)15(18)17-10-14(16)12-8-9-12/h11-14H,2-10,16H2,1H3,(H,17,18). The molecule has 0 bridgehead atoms. The minimum atomic E-state index is -0.352. The second-order valence-electron chi connectivity index (χ2n) is 6.14. The SMILES string of the molecule is CC(OC1CCCCCC1)C(=O)NCC(N)C1CC1. The monoisotopic (exact) mass is 268 g/mol. The minimum absolute atomic E-state index is 0.0136. The summed E-state index contributed by atoms with van der Waals surface area (Å²) in [5, 5.41) is 2.92. The molecule has 2 atom stereocenters. The van der Waals surface area contributed by atoms with Crippen LogP contribution in [0.1, 0.15) is 58.3 Å². The molecule has 0 aromatic heterocycles. The van der Waals surface area contributed by atoms with Crippen LogP contribution in [0.3, 0.4) is 0 Å². The molecule has 2 unspecified atom stereocenters. The maximum Gasteiger partial charge on any atom is 0.248 e. The maximum absolute atomic E-state index is 12.0. The van der Waals surface area contributed by atoms with E-state index in [2.05, 4.69) is 5.32 Å². The Hall–Kier alpha value is -0.610. The summed E-state index contributed by atoms with van der Waals surface area (Å²) in [5.41, 5.74) is 5.98. The van der Waals surface area contributed by atoms with Crippen molar-refractivity contribution in [1.29, 1.82) is 0 Å². The van der Waals surface area contributed by atoms with Gasteiger partial charge in [-0.25, -0.2) is 0 Å². The van der Waals surface area contributed by atoms with E-state index in [0.717, 1.165) is 12.8 Å². The normalized spacial score (nSPS) is 24.5. The third-order valence-corrected chi connectivity index (χ3v) is 4.31. The zero-order valence-electron chi connectivity index (χ0n) is 12.1. The fourth-order valence-corrected chi connectivity index (χ4v) is 2.78. The first-order chi connectivity index (χ1) is 9.16. The molecule has 0 aromatic carbocycles. The molecule has 2 rings (SSSR count). The second kappa shape index (κ2) is 7.25. The first-order valence-corrected chi connectivity index (χ1v) is 7.85. The summed E-state index contributed by atoms with van der Waals surface area (Å²) >= 11 is 0. The number of rotatable bonds is 6. The highest BCUT2D eigenvalue weighted by atomic mass is 16.5. The quantitative estimate of drug-likeness (QED) is 0.724. The van der Waals surface area contributed by atoms with E-state index in [0.29, 0.717) is 12.5 Å². The molecule has 0 aromatic rings. The van der Waals surface area contributed by atoms with Crippen molar-refractivity contribution in [2.75, 3.05) is 6.54 Å². The minimum Gasteiger partial charge on any atom is -0.365 e. The number of nitrogens with two attached hydrogens (primary N) is 1. The van der Waals surface area contributed by atoms with Crippen LogP contribution < -0.4 is 11.1 Å². The van der Waals surface area contributed by atoms with Gasteiger partial charge in [0, 0.05) is 12.6 Å². The zero-order chi connectivity index (χ0) is 13.7. The fourth-order valence-electron chi connectivity index (χ4n) is 2.78. The molecule has 0 heterocycles. The Bertz CT molecular complexity index is 284. The number of amides is 1. The molecule has 19 heavy (non-hydrogen) atoms. The Labute approximate surface area is 116 Å². The smallest absolute Gasteiger partial charge is 0.248 e. The highest BCUT2D eigenvalue weighted by Crippen LogP contribution is 2.31. The molecule has 0 aliphatic heterocycles. The van der Waals surface area contributed by atoms with Gasteiger partial charge in [-0.3, -0.25) is 4.79 Å². The van der Waals surface area contributed by atoms with E-state index in [-0.39, 0.29) is 24.2 Å². The highest BCUT2D eigenvalue weighted by Gasteiger charge is 2.29. The molecule has 2 aliphatic carbocycles. The first kappa shape index (κ1) is 14.8. The number of hydrogen-bond acceptors (Lipinski definition) is 3. The van der Waals surface area contributed by atoms with Gasteiger partial charge in [0.2, 0.25) is 5.91 Å². The van der Waals surface area contributed by atoms with Crippen molar-refractivity contribution in [3.05, 3.63) is 0 Å². The third kappa shape index (κ3) is 5.11. The Morgan fingerprint density at radius 3 is 2.42 bits per heavy atom. The summed E-state index contributed by atoms with van der Waals surface area (Å²) in [6.07, 6.45) is 9.59. The van der Waals surface area contributed by atoms with Crippen LogP contribution >= 0.6 is 0 Å². The molecule has 2 fully saturated rings. The summed E-state index contributed by atoms with van der Waals surface area (Å²) in [5.74, 6) is 0.610. The molecule has 0 saturated heterocycles. The van der Waals surface area contributed by atoms with E-state index in [4.69, 9.17) is 10.5 Å². The Kier molecular flexibility index (Phi) is 5.64. The molecule has 4 heteroatoms. The van der Waals surface area contributed by atoms with E-state index in [1.165, 1.54) is 38.5 Å². The van der Waals surface area contributed by atoms with Crippen LogP contribution in [0.4, 0.5) is 0 Å². The van der Waals surface area contributed by atoms with Gasteiger partial charge in [-0.05, 0) is 38.5 Å². The van der Waals surface area contributed by atoms with E-state index >= 15 is 0 Å². The first-order valence-electron chi connectivity index (χ1n) is 7.85. The lowest BCUT2D eigenvalue weighted by atomic mass is 10.1. The molecule has 0 radical (unpaired) electrons. The molecule has 2 saturated carbocycles. The molecular formula is C15H28N2O2. The molecule has 110 valence electrons. The number of nitrogens with one attached hydrogen (secondary N) is 1. The summed E-state index contributed by atoms with van der Waals surface area (Å²) in [6, 6.07) is 0.119. The Morgan fingerprint density at radius 2 is 1.84 bits per heavy atom. The van der Waals surface area contributed by atoms with E-state index in [1.54, 1.807) is 0 Å². The van der Waals surface area contributed by atoms with Crippen molar-refractivity contribution in [3.8, 4) is 0 Å². The van der Waals surface area contributed by atoms with E-state index in [1.807, 2.05) is 6.92 Å². The van der Waals surface area contributed by atoms with Crippen LogP contribution in [0.25, 0.3) is 0 Å². The average molecular weight is 268 g/mol. The van der Waals surface area contributed by atoms with Gasteiger partial charge in [0.1, 0.15) is 6.10 Å². The second-order valence-corrected chi connectivity index (χ2v) is 6.14. The van der Waals surface area contributed by atoms with Crippen LogP contribution in [0.2, 0.25) is 0 Å². The van der Waals surface area contributed by atoms with Gasteiger partial charge in [-0.2, -0.15) is 0 Å². The fraction of sp³-hybridized carbons (Fsp3) is 0.933. The topological polar surface area (TPSA) is 64.3 Å². The molecule has 2 aliphatic rings. The summed E-state index contributed by atoms with van der Waals surface area (Å²) in [7, 11) is 0. The van der Waals surface area contributed by atoms with Crippen LogP contribution in [0, 0.1) is 5.92 Å². The summed E-state index contributed by atoms with van der Waals surface area (Å²) < 4.78 is 5.89. The van der Waals surface area contributed by atoms with Gasteiger partial charge < -0.3 is 15.8 Å². The summed E-state index contributed by atoms with van der Waals surface area (Å²) in [6.45, 7) is 2.44. The van der Waals surface area contributed by atoms with E-state index in [9.17, 15) is 4.79 Å². The molecule has 1 amide bonds. The predicted molar refractivity (Wildman–Crippen MR) is 75.7 cm³/mol. The lowest BCUT2D eigenvalue weighted by Crippen LogP contribution is -2.43. The van der Waals surface area contributed by atoms with Crippen molar-refractivity contribution in [2.24, 2.45) is 11.7 Å². The molecular weight excluding hydrogens is 240 g/mol. The number of ether oxygens (including phenoxy) is 1. The van der Waals surface area contributed by atoms with Gasteiger partial charge in [0.15, 0.2) is 0 Å². The lowest BCUT2D eigenvalue weighted by Gasteiger charge is -2.21. The van der Waals surface area contributed by atoms with Crippen molar-refractivity contribution in [1.82, 2.24) is 5.32 Å². The maximum atomic E-state index is 12.0. The van der Waals surface area contributed by atoms with Crippen LogP contribution in [-0.2, 0) is 9.53 Å². The molecule has 4 nitrogen and oxygen atoms in total.